The van der Waals surface area contributed by atoms with Crippen LogP contribution in [0.1, 0.15) is 28.9 Å². The van der Waals surface area contributed by atoms with Crippen LogP contribution in [0.15, 0.2) is 46.9 Å². The summed E-state index contributed by atoms with van der Waals surface area (Å²) < 4.78 is 1.06. The van der Waals surface area contributed by atoms with Crippen LogP contribution in [0.3, 0.4) is 0 Å². The van der Waals surface area contributed by atoms with Crippen molar-refractivity contribution in [2.24, 2.45) is 0 Å². The van der Waals surface area contributed by atoms with Gasteiger partial charge in [0.05, 0.1) is 11.4 Å². The molecule has 5 nitrogen and oxygen atoms in total. The molecular weight excluding hydrogens is 416 g/mol. The van der Waals surface area contributed by atoms with E-state index in [4.69, 9.17) is 0 Å². The summed E-state index contributed by atoms with van der Waals surface area (Å²) in [5.41, 5.74) is 5.22. The summed E-state index contributed by atoms with van der Waals surface area (Å²) in [4.78, 5) is 20.6. The number of para-hydroxylation sites is 2. The summed E-state index contributed by atoms with van der Waals surface area (Å²) in [6, 6.07) is 14.8. The molecule has 2 N–H and O–H groups in total. The van der Waals surface area contributed by atoms with Gasteiger partial charge in [-0.15, -0.1) is 0 Å². The number of aromatic nitrogens is 1. The van der Waals surface area contributed by atoms with Gasteiger partial charge in [-0.3, -0.25) is 4.79 Å². The molecule has 2 aliphatic rings. The third-order valence-corrected chi connectivity index (χ3v) is 6.78. The Morgan fingerprint density at radius 2 is 1.93 bits per heavy atom. The number of likely N-dealkylation sites (tertiary alicyclic amines) is 1. The molecule has 28 heavy (non-hydrogen) atoms. The van der Waals surface area contributed by atoms with Crippen LogP contribution >= 0.6 is 15.9 Å². The van der Waals surface area contributed by atoms with Crippen molar-refractivity contribution in [3.8, 4) is 0 Å². The molecule has 1 saturated heterocycles. The average Bonchev–Trinajstić information content (AvgIpc) is 3.35. The first-order chi connectivity index (χ1) is 13.6. The molecular formula is C22H22BrN4O. The van der Waals surface area contributed by atoms with Gasteiger partial charge in [0, 0.05) is 34.5 Å². The third kappa shape index (κ3) is 2.87. The molecule has 0 saturated carbocycles. The number of piperidine rings is 1. The van der Waals surface area contributed by atoms with Crippen LogP contribution in [0.25, 0.3) is 10.9 Å². The van der Waals surface area contributed by atoms with E-state index in [0.717, 1.165) is 52.6 Å². The number of rotatable bonds is 2. The molecule has 0 unspecified atom stereocenters. The molecule has 6 heteroatoms. The number of aromatic amines is 1. The van der Waals surface area contributed by atoms with Gasteiger partial charge in [0.2, 0.25) is 0 Å². The van der Waals surface area contributed by atoms with Gasteiger partial charge < -0.3 is 20.1 Å². The van der Waals surface area contributed by atoms with Gasteiger partial charge in [0.15, 0.2) is 0 Å². The number of H-pyrrole nitrogens is 1. The number of carbonyl (C=O) groups excluding carboxylic acids is 1. The molecule has 2 aliphatic heterocycles. The molecule has 1 aromatic heterocycles. The maximum atomic E-state index is 13.0. The molecule has 3 aromatic rings. The molecule has 1 radical (unpaired) electrons. The zero-order valence-electron chi connectivity index (χ0n) is 15.7. The van der Waals surface area contributed by atoms with Crippen molar-refractivity contribution in [2.75, 3.05) is 23.3 Å². The molecule has 2 aromatic carbocycles. The van der Waals surface area contributed by atoms with Crippen molar-refractivity contribution < 1.29 is 4.79 Å². The molecule has 0 aliphatic carbocycles. The third-order valence-electron chi connectivity index (χ3n) is 5.92. The number of hydrogen-bond donors (Lipinski definition) is 2. The number of amides is 1. The first-order valence-electron chi connectivity index (χ1n) is 9.66. The fraction of sp³-hybridized carbons (Fsp3) is 0.273. The van der Waals surface area contributed by atoms with Gasteiger partial charge in [-0.05, 0) is 55.7 Å². The van der Waals surface area contributed by atoms with Crippen molar-refractivity contribution in [3.63, 3.8) is 0 Å². The Hall–Kier alpha value is -2.47. The largest absolute Gasteiger partial charge is 0.360 e. The van der Waals surface area contributed by atoms with Crippen molar-refractivity contribution in [3.05, 3.63) is 64.9 Å². The Balaban J connectivity index is 1.30. The van der Waals surface area contributed by atoms with Crippen LogP contribution in [0.2, 0.25) is 0 Å². The van der Waals surface area contributed by atoms with Gasteiger partial charge in [0.25, 0.3) is 5.91 Å². The zero-order chi connectivity index (χ0) is 19.3. The average molecular weight is 438 g/mol. The van der Waals surface area contributed by atoms with Crippen LogP contribution in [0.4, 0.5) is 11.4 Å². The minimum atomic E-state index is 0.0918. The van der Waals surface area contributed by atoms with Gasteiger partial charge in [-0.2, -0.15) is 0 Å². The highest BCUT2D eigenvalue weighted by atomic mass is 79.9. The van der Waals surface area contributed by atoms with Crippen molar-refractivity contribution in [1.82, 2.24) is 9.88 Å². The van der Waals surface area contributed by atoms with Crippen molar-refractivity contribution >= 4 is 44.1 Å². The Bertz CT molecular complexity index is 1050. The number of aryl methyl sites for hydroxylation is 1. The summed E-state index contributed by atoms with van der Waals surface area (Å²) >= 11 is 3.57. The molecule has 0 atom stereocenters. The summed E-state index contributed by atoms with van der Waals surface area (Å²) in [5.74, 6) is 0.0918. The van der Waals surface area contributed by atoms with E-state index in [-0.39, 0.29) is 5.91 Å². The van der Waals surface area contributed by atoms with Gasteiger partial charge in [-0.1, -0.05) is 28.1 Å². The van der Waals surface area contributed by atoms with Crippen LogP contribution in [-0.2, 0) is 0 Å². The van der Waals surface area contributed by atoms with E-state index >= 15 is 0 Å². The first-order valence-corrected chi connectivity index (χ1v) is 10.5. The van der Waals surface area contributed by atoms with E-state index in [0.29, 0.717) is 11.7 Å². The van der Waals surface area contributed by atoms with Crippen LogP contribution in [0, 0.1) is 13.6 Å². The lowest BCUT2D eigenvalue weighted by Crippen LogP contribution is -2.45. The number of benzene rings is 2. The first kappa shape index (κ1) is 17.6. The number of anilines is 2. The lowest BCUT2D eigenvalue weighted by molar-refractivity contribution is 0.0709. The molecule has 0 spiro atoms. The maximum absolute atomic E-state index is 13.0. The van der Waals surface area contributed by atoms with Gasteiger partial charge in [0.1, 0.15) is 12.4 Å². The minimum absolute atomic E-state index is 0.0918. The van der Waals surface area contributed by atoms with Gasteiger partial charge in [-0.25, -0.2) is 0 Å². The fourth-order valence-electron chi connectivity index (χ4n) is 4.29. The number of nitrogens with zero attached hydrogens (tertiary/aromatic N) is 2. The van der Waals surface area contributed by atoms with E-state index in [2.05, 4.69) is 62.9 Å². The predicted molar refractivity (Wildman–Crippen MR) is 117 cm³/mol. The summed E-state index contributed by atoms with van der Waals surface area (Å²) in [5, 5.41) is 4.44. The Labute approximate surface area is 172 Å². The van der Waals surface area contributed by atoms with Crippen LogP contribution < -0.4 is 10.2 Å². The van der Waals surface area contributed by atoms with Gasteiger partial charge >= 0.3 is 0 Å². The topological polar surface area (TPSA) is 51.4 Å². The van der Waals surface area contributed by atoms with Crippen molar-refractivity contribution in [2.45, 2.75) is 25.8 Å². The van der Waals surface area contributed by atoms with E-state index < -0.39 is 0 Å². The lowest BCUT2D eigenvalue weighted by Gasteiger charge is -2.37. The fourth-order valence-corrected chi connectivity index (χ4v) is 4.63. The van der Waals surface area contributed by atoms with Crippen LogP contribution in [-0.4, -0.2) is 34.9 Å². The Morgan fingerprint density at radius 1 is 1.14 bits per heavy atom. The highest BCUT2D eigenvalue weighted by Crippen LogP contribution is 2.36. The minimum Gasteiger partial charge on any atom is -0.360 e. The number of halogens is 1. The monoisotopic (exact) mass is 437 g/mol. The second kappa shape index (κ2) is 6.85. The molecule has 1 amide bonds. The van der Waals surface area contributed by atoms with E-state index in [1.807, 2.05) is 29.2 Å². The van der Waals surface area contributed by atoms with Crippen molar-refractivity contribution in [1.29, 1.82) is 0 Å². The predicted octanol–water partition coefficient (Wildman–Crippen LogP) is 4.89. The second-order valence-corrected chi connectivity index (χ2v) is 8.39. The highest BCUT2D eigenvalue weighted by Gasteiger charge is 2.31. The molecule has 143 valence electrons. The molecule has 3 heterocycles. The Kier molecular flexibility index (Phi) is 4.31. The van der Waals surface area contributed by atoms with E-state index in [1.165, 1.54) is 5.69 Å². The Morgan fingerprint density at radius 3 is 2.75 bits per heavy atom. The standard InChI is InChI=1S/C22H22BrN4O/c1-14-16-12-20(25-18(16)7-6-17(14)23)22(28)26-10-8-15(9-11-26)27-13-24-19-4-2-3-5-21(19)27/h2-7,12-13,15,24-25H,8-11H2,1H3. The number of nitrogens with one attached hydrogen (secondary N) is 2. The van der Waals surface area contributed by atoms with E-state index in [9.17, 15) is 4.79 Å². The smallest absolute Gasteiger partial charge is 0.270 e. The molecule has 1 fully saturated rings. The quantitative estimate of drug-likeness (QED) is 0.599. The van der Waals surface area contributed by atoms with E-state index in [1.54, 1.807) is 0 Å². The maximum Gasteiger partial charge on any atom is 0.270 e. The molecule has 5 rings (SSSR count). The highest BCUT2D eigenvalue weighted by molar-refractivity contribution is 9.10. The summed E-state index contributed by atoms with van der Waals surface area (Å²) in [7, 11) is 0. The SMILES string of the molecule is Cc1c(Br)ccc2[nH]c(C(=O)N3CCC(N4[CH]Nc5ccccc54)CC3)cc12. The number of hydrogen-bond acceptors (Lipinski definition) is 3. The van der Waals surface area contributed by atoms with Crippen LogP contribution in [0.5, 0.6) is 0 Å². The number of carbonyl (C=O) groups is 1. The second-order valence-electron chi connectivity index (χ2n) is 7.54. The lowest BCUT2D eigenvalue weighted by atomic mass is 10.0. The summed E-state index contributed by atoms with van der Waals surface area (Å²) in [6.07, 6.45) is 1.92. The normalized spacial score (nSPS) is 17.1. The zero-order valence-corrected chi connectivity index (χ0v) is 17.3. The number of fused-ring (bicyclic) bond motifs is 2. The summed E-state index contributed by atoms with van der Waals surface area (Å²) in [6.45, 7) is 5.67. The molecule has 0 bridgehead atoms.